The molecule has 0 aliphatic carbocycles. The molecule has 20 heavy (non-hydrogen) atoms. The van der Waals surface area contributed by atoms with Gasteiger partial charge >= 0.3 is 0 Å². The lowest BCUT2D eigenvalue weighted by atomic mass is 9.96. The SMILES string of the molecule is CN(Cc1ccncc1)C(=O)c1n[nH]c(C(C)(C)C)n1. The van der Waals surface area contributed by atoms with E-state index in [0.717, 1.165) is 5.56 Å². The van der Waals surface area contributed by atoms with Crippen molar-refractivity contribution < 1.29 is 4.79 Å². The molecule has 2 rings (SSSR count). The fourth-order valence-corrected chi connectivity index (χ4v) is 1.70. The maximum Gasteiger partial charge on any atom is 0.293 e. The van der Waals surface area contributed by atoms with E-state index >= 15 is 0 Å². The Morgan fingerprint density at radius 3 is 2.50 bits per heavy atom. The van der Waals surface area contributed by atoms with Gasteiger partial charge in [-0.25, -0.2) is 4.98 Å². The van der Waals surface area contributed by atoms with Gasteiger partial charge in [0.1, 0.15) is 5.82 Å². The minimum Gasteiger partial charge on any atom is -0.335 e. The molecule has 0 saturated heterocycles. The smallest absolute Gasteiger partial charge is 0.293 e. The molecular formula is C14H19N5O. The minimum absolute atomic E-state index is 0.158. The number of nitrogens with zero attached hydrogens (tertiary/aromatic N) is 4. The van der Waals surface area contributed by atoms with E-state index in [1.54, 1.807) is 24.3 Å². The zero-order valence-corrected chi connectivity index (χ0v) is 12.2. The number of rotatable bonds is 3. The van der Waals surface area contributed by atoms with Crippen LogP contribution in [0.15, 0.2) is 24.5 Å². The lowest BCUT2D eigenvalue weighted by molar-refractivity contribution is 0.0773. The summed E-state index contributed by atoms with van der Waals surface area (Å²) < 4.78 is 0. The number of carbonyl (C=O) groups is 1. The van der Waals surface area contributed by atoms with Crippen LogP contribution in [-0.4, -0.2) is 38.0 Å². The highest BCUT2D eigenvalue weighted by atomic mass is 16.2. The van der Waals surface area contributed by atoms with E-state index in [9.17, 15) is 4.79 Å². The Labute approximate surface area is 118 Å². The summed E-state index contributed by atoms with van der Waals surface area (Å²) in [5.41, 5.74) is 0.859. The van der Waals surface area contributed by atoms with Crippen molar-refractivity contribution >= 4 is 5.91 Å². The monoisotopic (exact) mass is 273 g/mol. The molecule has 2 aromatic heterocycles. The maximum absolute atomic E-state index is 12.3. The standard InChI is InChI=1S/C14H19N5O/c1-14(2,3)13-16-11(17-18-13)12(20)19(4)9-10-5-7-15-8-6-10/h5-8H,9H2,1-4H3,(H,16,17,18). The van der Waals surface area contributed by atoms with Crippen LogP contribution < -0.4 is 0 Å². The first-order valence-corrected chi connectivity index (χ1v) is 6.45. The molecule has 0 bridgehead atoms. The highest BCUT2D eigenvalue weighted by Gasteiger charge is 2.23. The van der Waals surface area contributed by atoms with E-state index in [-0.39, 0.29) is 17.1 Å². The number of carbonyl (C=O) groups excluding carboxylic acids is 1. The summed E-state index contributed by atoms with van der Waals surface area (Å²) in [6.45, 7) is 6.55. The van der Waals surface area contributed by atoms with Gasteiger partial charge in [0.15, 0.2) is 0 Å². The third kappa shape index (κ3) is 3.20. The van der Waals surface area contributed by atoms with Crippen LogP contribution in [0.4, 0.5) is 0 Å². The summed E-state index contributed by atoms with van der Waals surface area (Å²) in [7, 11) is 1.73. The molecule has 0 fully saturated rings. The molecule has 106 valence electrons. The van der Waals surface area contributed by atoms with Gasteiger partial charge in [-0.05, 0) is 17.7 Å². The van der Waals surface area contributed by atoms with Gasteiger partial charge < -0.3 is 4.90 Å². The number of pyridine rings is 1. The van der Waals surface area contributed by atoms with E-state index in [2.05, 4.69) is 20.2 Å². The predicted octanol–water partition coefficient (Wildman–Crippen LogP) is 1.77. The Kier molecular flexibility index (Phi) is 3.83. The molecule has 0 saturated carbocycles. The predicted molar refractivity (Wildman–Crippen MR) is 75.1 cm³/mol. The summed E-state index contributed by atoms with van der Waals surface area (Å²) in [5.74, 6) is 0.707. The Bertz CT molecular complexity index is 585. The number of H-pyrrole nitrogens is 1. The summed E-state index contributed by atoms with van der Waals surface area (Å²) in [4.78, 5) is 22.1. The highest BCUT2D eigenvalue weighted by Crippen LogP contribution is 2.17. The second-order valence-electron chi connectivity index (χ2n) is 5.77. The van der Waals surface area contributed by atoms with E-state index in [4.69, 9.17) is 0 Å². The molecule has 0 radical (unpaired) electrons. The maximum atomic E-state index is 12.3. The van der Waals surface area contributed by atoms with Crippen LogP contribution in [0.3, 0.4) is 0 Å². The molecule has 1 N–H and O–H groups in total. The molecule has 0 aliphatic heterocycles. The van der Waals surface area contributed by atoms with E-state index in [1.807, 2.05) is 32.9 Å². The molecule has 2 aromatic rings. The highest BCUT2D eigenvalue weighted by molar-refractivity contribution is 5.90. The van der Waals surface area contributed by atoms with Gasteiger partial charge in [0.05, 0.1) is 0 Å². The van der Waals surface area contributed by atoms with Crippen LogP contribution in [0.1, 0.15) is 42.8 Å². The fourth-order valence-electron chi connectivity index (χ4n) is 1.70. The van der Waals surface area contributed by atoms with Crippen molar-refractivity contribution in [2.24, 2.45) is 0 Å². The van der Waals surface area contributed by atoms with Crippen molar-refractivity contribution in [3.63, 3.8) is 0 Å². The number of hydrogen-bond donors (Lipinski definition) is 1. The van der Waals surface area contributed by atoms with Crippen molar-refractivity contribution in [2.45, 2.75) is 32.7 Å². The average Bonchev–Trinajstić information content (AvgIpc) is 2.88. The van der Waals surface area contributed by atoms with Crippen molar-refractivity contribution in [3.8, 4) is 0 Å². The zero-order valence-electron chi connectivity index (χ0n) is 12.2. The Morgan fingerprint density at radius 1 is 1.30 bits per heavy atom. The number of aromatic amines is 1. The molecule has 0 unspecified atom stereocenters. The molecule has 0 aromatic carbocycles. The van der Waals surface area contributed by atoms with E-state index in [1.165, 1.54) is 0 Å². The number of hydrogen-bond acceptors (Lipinski definition) is 4. The summed E-state index contributed by atoms with van der Waals surface area (Å²) >= 11 is 0. The average molecular weight is 273 g/mol. The van der Waals surface area contributed by atoms with Gasteiger partial charge in [0, 0.05) is 31.4 Å². The first kappa shape index (κ1) is 14.2. The second-order valence-corrected chi connectivity index (χ2v) is 5.77. The van der Waals surface area contributed by atoms with E-state index in [0.29, 0.717) is 12.4 Å². The molecule has 6 heteroatoms. The third-order valence-corrected chi connectivity index (χ3v) is 2.90. The van der Waals surface area contributed by atoms with Gasteiger partial charge in [-0.2, -0.15) is 0 Å². The Hall–Kier alpha value is -2.24. The van der Waals surface area contributed by atoms with Crippen molar-refractivity contribution in [1.82, 2.24) is 25.1 Å². The second kappa shape index (κ2) is 5.40. The lowest BCUT2D eigenvalue weighted by Gasteiger charge is -2.15. The van der Waals surface area contributed by atoms with Crippen molar-refractivity contribution in [3.05, 3.63) is 41.7 Å². The van der Waals surface area contributed by atoms with Crippen molar-refractivity contribution in [2.75, 3.05) is 7.05 Å². The quantitative estimate of drug-likeness (QED) is 0.924. The van der Waals surface area contributed by atoms with Crippen LogP contribution in [0.5, 0.6) is 0 Å². The van der Waals surface area contributed by atoms with Gasteiger partial charge in [-0.1, -0.05) is 20.8 Å². The molecule has 6 nitrogen and oxygen atoms in total. The molecule has 0 aliphatic rings. The summed E-state index contributed by atoms with van der Waals surface area (Å²) in [5, 5.41) is 6.83. The van der Waals surface area contributed by atoms with Crippen LogP contribution in [0, 0.1) is 0 Å². The Balaban J connectivity index is 2.09. The largest absolute Gasteiger partial charge is 0.335 e. The van der Waals surface area contributed by atoms with Crippen LogP contribution in [0.25, 0.3) is 0 Å². The normalized spacial score (nSPS) is 11.4. The molecule has 2 heterocycles. The molecular weight excluding hydrogens is 254 g/mol. The molecule has 1 amide bonds. The van der Waals surface area contributed by atoms with Crippen LogP contribution in [-0.2, 0) is 12.0 Å². The van der Waals surface area contributed by atoms with Crippen molar-refractivity contribution in [1.29, 1.82) is 0 Å². The van der Waals surface area contributed by atoms with Gasteiger partial charge in [-0.15, -0.1) is 5.10 Å². The Morgan fingerprint density at radius 2 is 1.95 bits per heavy atom. The topological polar surface area (TPSA) is 74.8 Å². The summed E-state index contributed by atoms with van der Waals surface area (Å²) in [6, 6.07) is 3.75. The first-order valence-electron chi connectivity index (χ1n) is 6.45. The number of nitrogens with one attached hydrogen (secondary N) is 1. The third-order valence-electron chi connectivity index (χ3n) is 2.90. The summed E-state index contributed by atoms with van der Waals surface area (Å²) in [6.07, 6.45) is 3.41. The van der Waals surface area contributed by atoms with Gasteiger partial charge in [-0.3, -0.25) is 14.9 Å². The fraction of sp³-hybridized carbons (Fsp3) is 0.429. The number of aromatic nitrogens is 4. The van der Waals surface area contributed by atoms with E-state index < -0.39 is 0 Å². The first-order chi connectivity index (χ1) is 9.38. The minimum atomic E-state index is -0.200. The zero-order chi connectivity index (χ0) is 14.8. The lowest BCUT2D eigenvalue weighted by Crippen LogP contribution is -2.27. The molecule has 0 atom stereocenters. The van der Waals surface area contributed by atoms with Gasteiger partial charge in [0.25, 0.3) is 5.91 Å². The van der Waals surface area contributed by atoms with Gasteiger partial charge in [0.2, 0.25) is 5.82 Å². The van der Waals surface area contributed by atoms with Crippen LogP contribution >= 0.6 is 0 Å². The molecule has 0 spiro atoms. The number of amides is 1. The van der Waals surface area contributed by atoms with Crippen LogP contribution in [0.2, 0.25) is 0 Å².